The zero-order chi connectivity index (χ0) is 16.6. The summed E-state index contributed by atoms with van der Waals surface area (Å²) < 4.78 is 33.6. The summed E-state index contributed by atoms with van der Waals surface area (Å²) >= 11 is 1.77. The number of amides is 2. The van der Waals surface area contributed by atoms with E-state index >= 15 is 0 Å². The molecule has 23 heavy (non-hydrogen) atoms. The molecular weight excluding hydrogens is 326 g/mol. The Labute approximate surface area is 136 Å². The Bertz CT molecular complexity index is 627. The molecule has 2 saturated heterocycles. The molecule has 2 heterocycles. The maximum Gasteiger partial charge on any atom is 0.415 e. The average Bonchev–Trinajstić information content (AvgIpc) is 2.90. The van der Waals surface area contributed by atoms with E-state index in [4.69, 9.17) is 10.5 Å². The first-order valence-corrected chi connectivity index (χ1v) is 8.47. The van der Waals surface area contributed by atoms with Crippen LogP contribution in [-0.2, 0) is 9.53 Å². The summed E-state index contributed by atoms with van der Waals surface area (Å²) in [6.07, 6.45) is -0.487. The van der Waals surface area contributed by atoms with Gasteiger partial charge < -0.3 is 10.5 Å². The molecule has 2 aliphatic heterocycles. The Hall–Kier alpha value is -1.83. The lowest BCUT2D eigenvalue weighted by Crippen LogP contribution is -2.32. The highest BCUT2D eigenvalue weighted by molar-refractivity contribution is 7.99. The van der Waals surface area contributed by atoms with Gasteiger partial charge in [0, 0.05) is 5.56 Å². The minimum Gasteiger partial charge on any atom is -0.434 e. The highest BCUT2D eigenvalue weighted by Gasteiger charge is 2.36. The number of thioether (sulfide) groups is 1. The molecule has 124 valence electrons. The monoisotopic (exact) mass is 342 g/mol. The van der Waals surface area contributed by atoms with Crippen LogP contribution < -0.4 is 10.6 Å². The standard InChI is InChI=1S/C15H16F2N2O3S/c16-10-5-9(19-7-12(14(18)20)22-15(19)21)6-11(17)13(10)8-1-3-23-4-2-8/h5-6,8,12H,1-4,7H2,(H2,18,20)/t12-/m1/s1. The smallest absolute Gasteiger partial charge is 0.415 e. The summed E-state index contributed by atoms with van der Waals surface area (Å²) in [5, 5.41) is 0. The quantitative estimate of drug-likeness (QED) is 0.915. The van der Waals surface area contributed by atoms with E-state index in [2.05, 4.69) is 0 Å². The zero-order valence-corrected chi connectivity index (χ0v) is 13.1. The molecule has 8 heteroatoms. The number of carbonyl (C=O) groups excluding carboxylic acids is 2. The topological polar surface area (TPSA) is 72.6 Å². The molecule has 1 atom stereocenters. The molecule has 2 aliphatic rings. The lowest BCUT2D eigenvalue weighted by atomic mass is 9.92. The minimum atomic E-state index is -1.11. The Morgan fingerprint density at radius 1 is 1.26 bits per heavy atom. The fraction of sp³-hybridized carbons (Fsp3) is 0.467. The molecule has 2 amide bonds. The third-order valence-electron chi connectivity index (χ3n) is 4.13. The molecule has 1 aromatic rings. The first-order chi connectivity index (χ1) is 11.0. The van der Waals surface area contributed by atoms with Crippen molar-refractivity contribution in [2.45, 2.75) is 24.9 Å². The molecule has 1 aromatic carbocycles. The molecule has 3 rings (SSSR count). The SMILES string of the molecule is NC(=O)[C@H]1CN(c2cc(F)c(C3CCSCC3)c(F)c2)C(=O)O1. The third kappa shape index (κ3) is 3.12. The van der Waals surface area contributed by atoms with Crippen molar-refractivity contribution in [1.29, 1.82) is 0 Å². The van der Waals surface area contributed by atoms with Gasteiger partial charge in [0.2, 0.25) is 0 Å². The van der Waals surface area contributed by atoms with Crippen LogP contribution in [0.4, 0.5) is 19.3 Å². The van der Waals surface area contributed by atoms with Crippen molar-refractivity contribution in [1.82, 2.24) is 0 Å². The van der Waals surface area contributed by atoms with Crippen molar-refractivity contribution in [3.05, 3.63) is 29.3 Å². The second kappa shape index (κ2) is 6.35. The van der Waals surface area contributed by atoms with Gasteiger partial charge in [-0.1, -0.05) is 0 Å². The van der Waals surface area contributed by atoms with Crippen LogP contribution in [0.1, 0.15) is 24.3 Å². The maximum absolute atomic E-state index is 14.4. The lowest BCUT2D eigenvalue weighted by molar-refractivity contribution is -0.124. The number of ether oxygens (including phenoxy) is 1. The maximum atomic E-state index is 14.4. The molecule has 0 bridgehead atoms. The molecule has 0 unspecified atom stereocenters. The highest BCUT2D eigenvalue weighted by Crippen LogP contribution is 2.36. The predicted octanol–water partition coefficient (Wildman–Crippen LogP) is 2.39. The number of carbonyl (C=O) groups is 2. The van der Waals surface area contributed by atoms with E-state index in [1.165, 1.54) is 0 Å². The number of benzene rings is 1. The summed E-state index contributed by atoms with van der Waals surface area (Å²) in [6, 6.07) is 2.23. The van der Waals surface area contributed by atoms with Crippen molar-refractivity contribution in [2.24, 2.45) is 5.73 Å². The van der Waals surface area contributed by atoms with Crippen LogP contribution in [0, 0.1) is 11.6 Å². The van der Waals surface area contributed by atoms with Gasteiger partial charge in [-0.2, -0.15) is 11.8 Å². The molecule has 2 fully saturated rings. The number of rotatable bonds is 3. The van der Waals surface area contributed by atoms with Crippen molar-refractivity contribution < 1.29 is 23.1 Å². The van der Waals surface area contributed by atoms with E-state index in [1.807, 2.05) is 0 Å². The lowest BCUT2D eigenvalue weighted by Gasteiger charge is -2.23. The summed E-state index contributed by atoms with van der Waals surface area (Å²) in [4.78, 5) is 23.8. The van der Waals surface area contributed by atoms with Gasteiger partial charge in [-0.05, 0) is 42.4 Å². The summed E-state index contributed by atoms with van der Waals surface area (Å²) in [5.74, 6) is -0.527. The normalized spacial score (nSPS) is 22.3. The van der Waals surface area contributed by atoms with Gasteiger partial charge in [0.1, 0.15) is 11.6 Å². The average molecular weight is 342 g/mol. The van der Waals surface area contributed by atoms with Gasteiger partial charge in [0.05, 0.1) is 12.2 Å². The first-order valence-electron chi connectivity index (χ1n) is 7.31. The Morgan fingerprint density at radius 2 is 1.87 bits per heavy atom. The molecule has 0 aromatic heterocycles. The van der Waals surface area contributed by atoms with Crippen LogP contribution >= 0.6 is 11.8 Å². The second-order valence-corrected chi connectivity index (χ2v) is 6.82. The number of hydrogen-bond acceptors (Lipinski definition) is 4. The molecule has 0 aliphatic carbocycles. The number of anilines is 1. The van der Waals surface area contributed by atoms with Gasteiger partial charge in [-0.3, -0.25) is 9.69 Å². The van der Waals surface area contributed by atoms with E-state index in [0.29, 0.717) is 0 Å². The number of hydrogen-bond donors (Lipinski definition) is 1. The number of nitrogens with zero attached hydrogens (tertiary/aromatic N) is 1. The third-order valence-corrected chi connectivity index (χ3v) is 5.18. The number of halogens is 2. The fourth-order valence-corrected chi connectivity index (χ4v) is 4.03. The van der Waals surface area contributed by atoms with Crippen molar-refractivity contribution >= 4 is 29.4 Å². The summed E-state index contributed by atoms with van der Waals surface area (Å²) in [6.45, 7) is -0.146. The Balaban J connectivity index is 1.88. The van der Waals surface area contributed by atoms with Crippen molar-refractivity contribution in [3.63, 3.8) is 0 Å². The number of nitrogens with two attached hydrogens (primary N) is 1. The van der Waals surface area contributed by atoms with Gasteiger partial charge in [-0.25, -0.2) is 13.6 Å². The fourth-order valence-electron chi connectivity index (χ4n) is 2.92. The number of cyclic esters (lactones) is 1. The van der Waals surface area contributed by atoms with E-state index in [-0.39, 0.29) is 23.7 Å². The molecule has 0 spiro atoms. The second-order valence-electron chi connectivity index (χ2n) is 5.60. The summed E-state index contributed by atoms with van der Waals surface area (Å²) in [5.41, 5.74) is 5.20. The van der Waals surface area contributed by atoms with E-state index in [1.54, 1.807) is 11.8 Å². The molecule has 0 saturated carbocycles. The zero-order valence-electron chi connectivity index (χ0n) is 12.3. The van der Waals surface area contributed by atoms with Gasteiger partial charge in [0.25, 0.3) is 5.91 Å². The van der Waals surface area contributed by atoms with Crippen LogP contribution in [0.15, 0.2) is 12.1 Å². The Morgan fingerprint density at radius 3 is 2.39 bits per heavy atom. The van der Waals surface area contributed by atoms with Crippen molar-refractivity contribution in [3.8, 4) is 0 Å². The van der Waals surface area contributed by atoms with E-state index < -0.39 is 29.7 Å². The number of primary amides is 1. The Kier molecular flexibility index (Phi) is 4.43. The molecule has 5 nitrogen and oxygen atoms in total. The predicted molar refractivity (Wildman–Crippen MR) is 82.5 cm³/mol. The molecule has 2 N–H and O–H groups in total. The van der Waals surface area contributed by atoms with Crippen LogP contribution in [0.3, 0.4) is 0 Å². The van der Waals surface area contributed by atoms with Gasteiger partial charge in [-0.15, -0.1) is 0 Å². The van der Waals surface area contributed by atoms with Crippen LogP contribution in [0.5, 0.6) is 0 Å². The van der Waals surface area contributed by atoms with Gasteiger partial charge in [0.15, 0.2) is 6.10 Å². The summed E-state index contributed by atoms with van der Waals surface area (Å²) in [7, 11) is 0. The highest BCUT2D eigenvalue weighted by atomic mass is 32.2. The van der Waals surface area contributed by atoms with E-state index in [9.17, 15) is 18.4 Å². The molecule has 0 radical (unpaired) electrons. The van der Waals surface area contributed by atoms with E-state index in [0.717, 1.165) is 41.4 Å². The van der Waals surface area contributed by atoms with Crippen LogP contribution in [0.25, 0.3) is 0 Å². The largest absolute Gasteiger partial charge is 0.434 e. The van der Waals surface area contributed by atoms with Crippen LogP contribution in [-0.4, -0.2) is 36.2 Å². The van der Waals surface area contributed by atoms with Crippen LogP contribution in [0.2, 0.25) is 0 Å². The first kappa shape index (κ1) is 16.0. The molecular formula is C15H16F2N2O3S. The van der Waals surface area contributed by atoms with Gasteiger partial charge >= 0.3 is 6.09 Å². The van der Waals surface area contributed by atoms with Crippen molar-refractivity contribution in [2.75, 3.05) is 23.0 Å². The minimum absolute atomic E-state index is 0.0303.